The maximum Gasteiger partial charge on any atom is 0.252 e. The van der Waals surface area contributed by atoms with Gasteiger partial charge in [-0.3, -0.25) is 4.79 Å². The highest BCUT2D eigenvalue weighted by Crippen LogP contribution is 2.20. The van der Waals surface area contributed by atoms with Gasteiger partial charge < -0.3 is 9.88 Å². The molecule has 1 heterocycles. The predicted octanol–water partition coefficient (Wildman–Crippen LogP) is 3.02. The smallest absolute Gasteiger partial charge is 0.252 e. The molecular weight excluding hydrogens is 386 g/mol. The minimum atomic E-state index is -3.64. The highest BCUT2D eigenvalue weighted by atomic mass is 35.5. The third kappa shape index (κ3) is 4.32. The first-order valence-electron chi connectivity index (χ1n) is 8.47. The number of aromatic nitrogens is 1. The number of hydrogen-bond donors (Lipinski definition) is 2. The van der Waals surface area contributed by atoms with Crippen LogP contribution >= 0.6 is 11.6 Å². The molecule has 0 aliphatic heterocycles. The molecule has 0 unspecified atom stereocenters. The van der Waals surface area contributed by atoms with Crippen LogP contribution in [0.2, 0.25) is 5.02 Å². The van der Waals surface area contributed by atoms with Crippen LogP contribution in [0.1, 0.15) is 16.8 Å². The fraction of sp³-hybridized carbons (Fsp3) is 0.211. The van der Waals surface area contributed by atoms with Crippen molar-refractivity contribution in [2.45, 2.75) is 17.9 Å². The van der Waals surface area contributed by atoms with E-state index in [4.69, 9.17) is 11.6 Å². The molecule has 2 aromatic carbocycles. The van der Waals surface area contributed by atoms with Crippen LogP contribution in [0.3, 0.4) is 0 Å². The summed E-state index contributed by atoms with van der Waals surface area (Å²) < 4.78 is 28.1. The van der Waals surface area contributed by atoms with E-state index in [-0.39, 0.29) is 15.5 Å². The standard InChI is InChI=1S/C19H20ClN3O3S/c1-21-27(25,26)15-7-8-17(20)16(13-15)19(24)22-10-4-11-23-12-9-14-5-2-3-6-18(14)23/h2-3,5-9,12-13,21H,4,10-11H2,1H3,(H,22,24). The second-order valence-electron chi connectivity index (χ2n) is 6.03. The molecule has 142 valence electrons. The van der Waals surface area contributed by atoms with E-state index in [0.717, 1.165) is 18.5 Å². The second-order valence-corrected chi connectivity index (χ2v) is 8.32. The largest absolute Gasteiger partial charge is 0.352 e. The lowest BCUT2D eigenvalue weighted by molar-refractivity contribution is 0.0952. The minimum Gasteiger partial charge on any atom is -0.352 e. The summed E-state index contributed by atoms with van der Waals surface area (Å²) in [6, 6.07) is 14.2. The molecule has 0 aliphatic carbocycles. The van der Waals surface area contributed by atoms with Gasteiger partial charge in [0.2, 0.25) is 10.0 Å². The number of fused-ring (bicyclic) bond motifs is 1. The predicted molar refractivity (Wildman–Crippen MR) is 107 cm³/mol. The van der Waals surface area contributed by atoms with Gasteiger partial charge in [0.25, 0.3) is 5.91 Å². The molecule has 1 amide bonds. The molecule has 0 aliphatic rings. The first-order valence-corrected chi connectivity index (χ1v) is 10.3. The van der Waals surface area contributed by atoms with Crippen molar-refractivity contribution >= 4 is 38.4 Å². The quantitative estimate of drug-likeness (QED) is 0.593. The zero-order valence-corrected chi connectivity index (χ0v) is 16.3. The summed E-state index contributed by atoms with van der Waals surface area (Å²) in [4.78, 5) is 12.4. The van der Waals surface area contributed by atoms with Crippen LogP contribution in [0, 0.1) is 0 Å². The fourth-order valence-electron chi connectivity index (χ4n) is 2.85. The molecule has 3 aromatic rings. The van der Waals surface area contributed by atoms with Crippen LogP contribution in [0.4, 0.5) is 0 Å². The molecule has 0 atom stereocenters. The fourth-order valence-corrected chi connectivity index (χ4v) is 3.80. The van der Waals surface area contributed by atoms with E-state index in [9.17, 15) is 13.2 Å². The Morgan fingerprint density at radius 1 is 1.15 bits per heavy atom. The number of para-hydroxylation sites is 1. The number of rotatable bonds is 7. The number of nitrogens with zero attached hydrogens (tertiary/aromatic N) is 1. The molecule has 3 rings (SSSR count). The molecule has 0 saturated carbocycles. The Kier molecular flexibility index (Phi) is 5.84. The first-order chi connectivity index (χ1) is 12.9. The van der Waals surface area contributed by atoms with E-state index in [1.807, 2.05) is 18.3 Å². The van der Waals surface area contributed by atoms with E-state index in [1.165, 1.54) is 30.6 Å². The van der Waals surface area contributed by atoms with Gasteiger partial charge in [-0.1, -0.05) is 29.8 Å². The molecule has 0 saturated heterocycles. The van der Waals surface area contributed by atoms with Gasteiger partial charge in [-0.15, -0.1) is 0 Å². The van der Waals surface area contributed by atoms with E-state index >= 15 is 0 Å². The Labute approximate surface area is 163 Å². The lowest BCUT2D eigenvalue weighted by Gasteiger charge is -2.10. The van der Waals surface area contributed by atoms with E-state index in [0.29, 0.717) is 6.54 Å². The molecule has 0 spiro atoms. The van der Waals surface area contributed by atoms with Gasteiger partial charge in [0.05, 0.1) is 15.5 Å². The minimum absolute atomic E-state index is 0.00152. The number of carbonyl (C=O) groups is 1. The van der Waals surface area contributed by atoms with Crippen molar-refractivity contribution in [2.24, 2.45) is 0 Å². The number of sulfonamides is 1. The Balaban J connectivity index is 1.62. The molecule has 0 bridgehead atoms. The molecular formula is C19H20ClN3O3S. The van der Waals surface area contributed by atoms with Gasteiger partial charge >= 0.3 is 0 Å². The zero-order chi connectivity index (χ0) is 19.4. The highest BCUT2D eigenvalue weighted by molar-refractivity contribution is 7.89. The summed E-state index contributed by atoms with van der Waals surface area (Å²) in [7, 11) is -2.32. The lowest BCUT2D eigenvalue weighted by Crippen LogP contribution is -2.26. The van der Waals surface area contributed by atoms with Crippen molar-refractivity contribution in [1.82, 2.24) is 14.6 Å². The first kappa shape index (κ1) is 19.4. The van der Waals surface area contributed by atoms with Crippen LogP contribution in [0.15, 0.2) is 59.6 Å². The maximum absolute atomic E-state index is 12.4. The normalized spacial score (nSPS) is 11.6. The van der Waals surface area contributed by atoms with E-state index in [2.05, 4.69) is 32.8 Å². The number of carbonyl (C=O) groups excluding carboxylic acids is 1. The molecule has 0 radical (unpaired) electrons. The molecule has 0 fully saturated rings. The maximum atomic E-state index is 12.4. The third-order valence-electron chi connectivity index (χ3n) is 4.30. The van der Waals surface area contributed by atoms with Crippen molar-refractivity contribution in [3.05, 3.63) is 65.3 Å². The molecule has 8 heteroatoms. The van der Waals surface area contributed by atoms with Crippen LogP contribution in [-0.4, -0.2) is 32.5 Å². The third-order valence-corrected chi connectivity index (χ3v) is 6.04. The van der Waals surface area contributed by atoms with E-state index in [1.54, 1.807) is 0 Å². The van der Waals surface area contributed by atoms with Gasteiger partial charge in [-0.05, 0) is 49.2 Å². The summed E-state index contributed by atoms with van der Waals surface area (Å²) in [6.45, 7) is 1.21. The number of benzene rings is 2. The van der Waals surface area contributed by atoms with Crippen LogP contribution in [0.25, 0.3) is 10.9 Å². The summed E-state index contributed by atoms with van der Waals surface area (Å²) in [5.74, 6) is -0.398. The molecule has 6 nitrogen and oxygen atoms in total. The van der Waals surface area contributed by atoms with Gasteiger partial charge in [0.1, 0.15) is 0 Å². The zero-order valence-electron chi connectivity index (χ0n) is 14.8. The van der Waals surface area contributed by atoms with Gasteiger partial charge in [0.15, 0.2) is 0 Å². The number of halogens is 1. The SMILES string of the molecule is CNS(=O)(=O)c1ccc(Cl)c(C(=O)NCCCn2ccc3ccccc32)c1. The van der Waals surface area contributed by atoms with Crippen LogP contribution in [0.5, 0.6) is 0 Å². The van der Waals surface area contributed by atoms with Crippen molar-refractivity contribution in [1.29, 1.82) is 0 Å². The van der Waals surface area contributed by atoms with E-state index < -0.39 is 15.9 Å². The van der Waals surface area contributed by atoms with Crippen molar-refractivity contribution in [3.63, 3.8) is 0 Å². The Bertz CT molecular complexity index is 1080. The molecule has 2 N–H and O–H groups in total. The Morgan fingerprint density at radius 3 is 2.70 bits per heavy atom. The highest BCUT2D eigenvalue weighted by Gasteiger charge is 2.17. The Hall–Kier alpha value is -2.35. The summed E-state index contributed by atoms with van der Waals surface area (Å²) in [6.07, 6.45) is 2.76. The van der Waals surface area contributed by atoms with Crippen molar-refractivity contribution in [2.75, 3.05) is 13.6 Å². The molecule has 27 heavy (non-hydrogen) atoms. The monoisotopic (exact) mass is 405 g/mol. The van der Waals surface area contributed by atoms with Gasteiger partial charge in [-0.2, -0.15) is 0 Å². The number of hydrogen-bond acceptors (Lipinski definition) is 3. The van der Waals surface area contributed by atoms with Crippen LogP contribution < -0.4 is 10.0 Å². The van der Waals surface area contributed by atoms with Crippen molar-refractivity contribution < 1.29 is 13.2 Å². The Morgan fingerprint density at radius 2 is 1.93 bits per heavy atom. The average Bonchev–Trinajstić information content (AvgIpc) is 3.08. The van der Waals surface area contributed by atoms with Gasteiger partial charge in [-0.25, -0.2) is 13.1 Å². The number of aryl methyl sites for hydroxylation is 1. The molecule has 1 aromatic heterocycles. The number of amides is 1. The lowest BCUT2D eigenvalue weighted by atomic mass is 10.2. The van der Waals surface area contributed by atoms with Crippen LogP contribution in [-0.2, 0) is 16.6 Å². The number of nitrogens with one attached hydrogen (secondary N) is 2. The average molecular weight is 406 g/mol. The van der Waals surface area contributed by atoms with Crippen molar-refractivity contribution in [3.8, 4) is 0 Å². The summed E-state index contributed by atoms with van der Waals surface area (Å²) >= 11 is 6.06. The topological polar surface area (TPSA) is 80.2 Å². The second kappa shape index (κ2) is 8.12. The summed E-state index contributed by atoms with van der Waals surface area (Å²) in [5, 5.41) is 4.18. The summed E-state index contributed by atoms with van der Waals surface area (Å²) in [5.41, 5.74) is 1.29. The van der Waals surface area contributed by atoms with Gasteiger partial charge in [0, 0.05) is 24.8 Å².